The molecule has 2 aromatic carbocycles. The molecular formula is C26H27BrN6O3. The smallest absolute Gasteiger partial charge is 0.330 e. The van der Waals surface area contributed by atoms with E-state index in [2.05, 4.69) is 43.0 Å². The number of anilines is 4. The van der Waals surface area contributed by atoms with Gasteiger partial charge in [-0.3, -0.25) is 9.80 Å². The zero-order valence-electron chi connectivity index (χ0n) is 20.2. The Morgan fingerprint density at radius 3 is 2.67 bits per heavy atom. The molecular weight excluding hydrogens is 524 g/mol. The van der Waals surface area contributed by atoms with Crippen molar-refractivity contribution in [2.45, 2.75) is 32.1 Å². The van der Waals surface area contributed by atoms with E-state index >= 15 is 0 Å². The van der Waals surface area contributed by atoms with Crippen LogP contribution in [0.2, 0.25) is 0 Å². The van der Waals surface area contributed by atoms with Crippen LogP contribution in [0.25, 0.3) is 0 Å². The Morgan fingerprint density at radius 1 is 1.11 bits per heavy atom. The zero-order chi connectivity index (χ0) is 24.9. The fraction of sp³-hybridized carbons (Fsp3) is 0.346. The first kappa shape index (κ1) is 23.1. The number of piperidine rings is 1. The standard InChI is InChI=1S/C26H27BrN6O3/c1-3-32-12-10-26(11-13-32)35-21-9-8-18(14-22(21)36-26)29-24-28-15-17-16-33(20-7-5-4-6-19(20)27)25(34)31(2)23(17)30-24/h4-9,14-15H,3,10-13,16H2,1-2H3,(H,28,29,30). The average Bonchev–Trinajstić information content (AvgIpc) is 3.24. The Bertz CT molecular complexity index is 1330. The van der Waals surface area contributed by atoms with Crippen LogP contribution in [0.4, 0.5) is 27.9 Å². The molecule has 1 saturated heterocycles. The number of ether oxygens (including phenoxy) is 2. The summed E-state index contributed by atoms with van der Waals surface area (Å²) in [5.74, 6) is 1.90. The minimum Gasteiger partial charge on any atom is -0.448 e. The lowest BCUT2D eigenvalue weighted by Crippen LogP contribution is -2.49. The highest BCUT2D eigenvalue weighted by Crippen LogP contribution is 2.45. The molecule has 4 heterocycles. The second kappa shape index (κ2) is 8.94. The first-order valence-corrected chi connectivity index (χ1v) is 12.9. The van der Waals surface area contributed by atoms with Gasteiger partial charge in [-0.05, 0) is 46.7 Å². The van der Waals surface area contributed by atoms with Crippen LogP contribution in [0.15, 0.2) is 53.1 Å². The number of para-hydroxylation sites is 1. The normalized spacial score (nSPS) is 18.5. The minimum absolute atomic E-state index is 0.151. The molecule has 1 spiro atoms. The van der Waals surface area contributed by atoms with E-state index in [1.807, 2.05) is 42.5 Å². The van der Waals surface area contributed by atoms with E-state index in [1.165, 1.54) is 0 Å². The summed E-state index contributed by atoms with van der Waals surface area (Å²) < 4.78 is 13.4. The van der Waals surface area contributed by atoms with Crippen molar-refractivity contribution in [2.24, 2.45) is 0 Å². The third-order valence-electron chi connectivity index (χ3n) is 7.01. The fourth-order valence-electron chi connectivity index (χ4n) is 4.94. The van der Waals surface area contributed by atoms with Crippen LogP contribution >= 0.6 is 15.9 Å². The summed E-state index contributed by atoms with van der Waals surface area (Å²) in [6.07, 6.45) is 3.44. The fourth-order valence-corrected chi connectivity index (χ4v) is 5.44. The molecule has 9 nitrogen and oxygen atoms in total. The van der Waals surface area contributed by atoms with Crippen LogP contribution < -0.4 is 24.6 Å². The number of fused-ring (bicyclic) bond motifs is 2. The van der Waals surface area contributed by atoms with Crippen molar-refractivity contribution < 1.29 is 14.3 Å². The molecule has 0 radical (unpaired) electrons. The molecule has 0 saturated carbocycles. The first-order valence-electron chi connectivity index (χ1n) is 12.1. The largest absolute Gasteiger partial charge is 0.448 e. The number of likely N-dealkylation sites (tertiary alicyclic amines) is 1. The second-order valence-electron chi connectivity index (χ2n) is 9.26. The van der Waals surface area contributed by atoms with Crippen molar-refractivity contribution in [3.05, 3.63) is 58.7 Å². The van der Waals surface area contributed by atoms with Gasteiger partial charge in [0.25, 0.3) is 5.79 Å². The summed E-state index contributed by atoms with van der Waals surface area (Å²) in [6, 6.07) is 13.3. The molecule has 0 unspecified atom stereocenters. The van der Waals surface area contributed by atoms with Crippen LogP contribution in [0.3, 0.4) is 0 Å². The van der Waals surface area contributed by atoms with Gasteiger partial charge in [0.15, 0.2) is 11.5 Å². The van der Waals surface area contributed by atoms with E-state index in [1.54, 1.807) is 23.0 Å². The maximum absolute atomic E-state index is 13.1. The number of benzene rings is 2. The molecule has 0 atom stereocenters. The Kier molecular flexibility index (Phi) is 5.72. The zero-order valence-corrected chi connectivity index (χ0v) is 21.8. The van der Waals surface area contributed by atoms with Crippen molar-refractivity contribution in [1.82, 2.24) is 14.9 Å². The molecule has 0 aliphatic carbocycles. The summed E-state index contributed by atoms with van der Waals surface area (Å²) in [5.41, 5.74) is 2.46. The molecule has 0 bridgehead atoms. The molecule has 10 heteroatoms. The molecule has 3 aromatic rings. The summed E-state index contributed by atoms with van der Waals surface area (Å²) in [4.78, 5) is 28.0. The van der Waals surface area contributed by atoms with Gasteiger partial charge in [-0.1, -0.05) is 19.1 Å². The number of nitrogens with one attached hydrogen (secondary N) is 1. The maximum Gasteiger partial charge on any atom is 0.330 e. The molecule has 2 amide bonds. The molecule has 1 fully saturated rings. The first-order chi connectivity index (χ1) is 17.4. The van der Waals surface area contributed by atoms with Gasteiger partial charge in [0.1, 0.15) is 5.82 Å². The Morgan fingerprint density at radius 2 is 1.89 bits per heavy atom. The van der Waals surface area contributed by atoms with E-state index in [9.17, 15) is 4.79 Å². The third kappa shape index (κ3) is 4.04. The van der Waals surface area contributed by atoms with Crippen molar-refractivity contribution >= 4 is 45.1 Å². The Labute approximate surface area is 218 Å². The molecule has 36 heavy (non-hydrogen) atoms. The summed E-state index contributed by atoms with van der Waals surface area (Å²) in [6.45, 7) is 5.53. The van der Waals surface area contributed by atoms with Crippen molar-refractivity contribution in [3.8, 4) is 11.5 Å². The van der Waals surface area contributed by atoms with Gasteiger partial charge in [0.2, 0.25) is 5.95 Å². The number of nitrogens with zero attached hydrogens (tertiary/aromatic N) is 5. The highest BCUT2D eigenvalue weighted by molar-refractivity contribution is 9.10. The number of amides is 2. The number of carbonyl (C=O) groups excluding carboxylic acids is 1. The third-order valence-corrected chi connectivity index (χ3v) is 7.68. The SMILES string of the molecule is CCN1CCC2(CC1)Oc1ccc(Nc3ncc4c(n3)N(C)C(=O)N(c3ccccc3Br)C4)cc1O2. The lowest BCUT2D eigenvalue weighted by molar-refractivity contribution is -0.118. The predicted molar refractivity (Wildman–Crippen MR) is 141 cm³/mol. The monoisotopic (exact) mass is 550 g/mol. The van der Waals surface area contributed by atoms with E-state index in [0.717, 1.165) is 65.4 Å². The van der Waals surface area contributed by atoms with Gasteiger partial charge in [-0.15, -0.1) is 0 Å². The van der Waals surface area contributed by atoms with Crippen LogP contribution in [-0.4, -0.2) is 53.4 Å². The van der Waals surface area contributed by atoms with Gasteiger partial charge >= 0.3 is 6.03 Å². The Hall–Kier alpha value is -3.37. The van der Waals surface area contributed by atoms with Crippen molar-refractivity contribution in [3.63, 3.8) is 0 Å². The van der Waals surface area contributed by atoms with Crippen LogP contribution in [0.1, 0.15) is 25.3 Å². The van der Waals surface area contributed by atoms with Gasteiger partial charge in [-0.2, -0.15) is 4.98 Å². The quantitative estimate of drug-likeness (QED) is 0.481. The van der Waals surface area contributed by atoms with E-state index in [4.69, 9.17) is 9.47 Å². The number of halogens is 1. The lowest BCUT2D eigenvalue weighted by Gasteiger charge is -2.36. The molecule has 3 aliphatic rings. The number of aromatic nitrogens is 2. The van der Waals surface area contributed by atoms with Gasteiger partial charge in [0, 0.05) is 61.0 Å². The molecule has 3 aliphatic heterocycles. The Balaban J connectivity index is 1.20. The number of carbonyl (C=O) groups is 1. The van der Waals surface area contributed by atoms with E-state index in [0.29, 0.717) is 18.3 Å². The molecule has 6 rings (SSSR count). The summed E-state index contributed by atoms with van der Waals surface area (Å²) >= 11 is 3.54. The maximum atomic E-state index is 13.1. The highest BCUT2D eigenvalue weighted by Gasteiger charge is 2.44. The van der Waals surface area contributed by atoms with Crippen molar-refractivity contribution in [1.29, 1.82) is 0 Å². The molecule has 186 valence electrons. The number of urea groups is 1. The van der Waals surface area contributed by atoms with E-state index in [-0.39, 0.29) is 6.03 Å². The minimum atomic E-state index is -0.572. The number of hydrogen-bond donors (Lipinski definition) is 1. The van der Waals surface area contributed by atoms with Gasteiger partial charge in [0.05, 0.1) is 12.2 Å². The van der Waals surface area contributed by atoms with E-state index < -0.39 is 5.79 Å². The van der Waals surface area contributed by atoms with Gasteiger partial charge < -0.3 is 19.7 Å². The molecule has 1 aromatic heterocycles. The summed E-state index contributed by atoms with van der Waals surface area (Å²) in [5, 5.41) is 3.25. The van der Waals surface area contributed by atoms with Crippen LogP contribution in [-0.2, 0) is 6.54 Å². The second-order valence-corrected chi connectivity index (χ2v) is 10.1. The topological polar surface area (TPSA) is 83.1 Å². The average molecular weight is 551 g/mol. The predicted octanol–water partition coefficient (Wildman–Crippen LogP) is 5.14. The lowest BCUT2D eigenvalue weighted by atomic mass is 10.0. The number of hydrogen-bond acceptors (Lipinski definition) is 7. The molecule has 1 N–H and O–H groups in total. The summed E-state index contributed by atoms with van der Waals surface area (Å²) in [7, 11) is 1.73. The van der Waals surface area contributed by atoms with Crippen molar-refractivity contribution in [2.75, 3.05) is 41.8 Å². The van der Waals surface area contributed by atoms with Crippen LogP contribution in [0.5, 0.6) is 11.5 Å². The van der Waals surface area contributed by atoms with Crippen LogP contribution in [0, 0.1) is 0 Å². The van der Waals surface area contributed by atoms with Gasteiger partial charge in [-0.25, -0.2) is 9.78 Å². The highest BCUT2D eigenvalue weighted by atomic mass is 79.9. The number of rotatable bonds is 4.